The van der Waals surface area contributed by atoms with Gasteiger partial charge in [-0.15, -0.1) is 0 Å². The molecule has 0 bridgehead atoms. The van der Waals surface area contributed by atoms with E-state index >= 15 is 0 Å². The molecule has 1 amide bonds. The molecular weight excluding hydrogens is 414 g/mol. The van der Waals surface area contributed by atoms with Crippen LogP contribution in [0.4, 0.5) is 0 Å². The molecule has 1 aliphatic carbocycles. The second-order valence-electron chi connectivity index (χ2n) is 7.91. The molecule has 0 saturated carbocycles. The molecule has 32 heavy (non-hydrogen) atoms. The van der Waals surface area contributed by atoms with Gasteiger partial charge in [0.05, 0.1) is 40.3 Å². The average molecular weight is 443 g/mol. The Morgan fingerprint density at radius 3 is 1.97 bits per heavy atom. The Bertz CT molecular complexity index is 1020. The lowest BCUT2D eigenvalue weighted by Crippen LogP contribution is -2.44. The van der Waals surface area contributed by atoms with E-state index in [1.165, 1.54) is 19.1 Å². The number of carbonyl (C=O) groups is 2. The summed E-state index contributed by atoms with van der Waals surface area (Å²) >= 11 is 0. The number of carbonyl (C=O) groups excluding carboxylic acids is 1. The lowest BCUT2D eigenvalue weighted by molar-refractivity contribution is -0.150. The third kappa shape index (κ3) is 4.04. The van der Waals surface area contributed by atoms with E-state index in [2.05, 4.69) is 0 Å². The van der Waals surface area contributed by atoms with Gasteiger partial charge in [-0.1, -0.05) is 6.07 Å². The van der Waals surface area contributed by atoms with Crippen LogP contribution in [0.1, 0.15) is 22.6 Å². The Labute approximate surface area is 187 Å². The predicted octanol–water partition coefficient (Wildman–Crippen LogP) is 2.81. The summed E-state index contributed by atoms with van der Waals surface area (Å²) in [6.07, 6.45) is 0.207. The summed E-state index contributed by atoms with van der Waals surface area (Å²) in [6, 6.07) is 9.03. The van der Waals surface area contributed by atoms with Crippen molar-refractivity contribution in [3.05, 3.63) is 47.0 Å². The van der Waals surface area contributed by atoms with E-state index in [1.54, 1.807) is 46.5 Å². The molecule has 1 N–H and O–H groups in total. The van der Waals surface area contributed by atoms with Crippen molar-refractivity contribution in [1.29, 1.82) is 0 Å². The van der Waals surface area contributed by atoms with E-state index < -0.39 is 23.7 Å². The summed E-state index contributed by atoms with van der Waals surface area (Å²) in [6.45, 7) is 0. The van der Waals surface area contributed by atoms with Gasteiger partial charge >= 0.3 is 5.97 Å². The maximum absolute atomic E-state index is 13.3. The maximum Gasteiger partial charge on any atom is 0.307 e. The molecule has 0 spiro atoms. The van der Waals surface area contributed by atoms with E-state index in [-0.39, 0.29) is 12.3 Å². The van der Waals surface area contributed by atoms with Crippen molar-refractivity contribution < 1.29 is 33.6 Å². The van der Waals surface area contributed by atoms with Crippen LogP contribution in [0.5, 0.6) is 23.0 Å². The quantitative estimate of drug-likeness (QED) is 0.703. The monoisotopic (exact) mass is 443 g/mol. The number of amides is 1. The number of fused-ring (bicyclic) bond motifs is 1. The largest absolute Gasteiger partial charge is 0.493 e. The van der Waals surface area contributed by atoms with E-state index in [0.717, 1.165) is 16.7 Å². The number of methoxy groups -OCH3 is 4. The first kappa shape index (κ1) is 23.2. The smallest absolute Gasteiger partial charge is 0.307 e. The van der Waals surface area contributed by atoms with Crippen molar-refractivity contribution in [3.63, 3.8) is 0 Å². The second-order valence-corrected chi connectivity index (χ2v) is 7.91. The molecular formula is C24H29NO7. The lowest BCUT2D eigenvalue weighted by Gasteiger charge is -2.39. The van der Waals surface area contributed by atoms with Crippen LogP contribution in [-0.2, 0) is 16.0 Å². The number of hydrogen-bond acceptors (Lipinski definition) is 6. The van der Waals surface area contributed by atoms with Crippen LogP contribution < -0.4 is 18.9 Å². The summed E-state index contributed by atoms with van der Waals surface area (Å²) in [5.41, 5.74) is 2.38. The number of aliphatic carboxylic acids is 1. The van der Waals surface area contributed by atoms with Gasteiger partial charge in [-0.2, -0.15) is 0 Å². The molecule has 0 aromatic heterocycles. The first-order valence-electron chi connectivity index (χ1n) is 10.2. The molecule has 1 aliphatic rings. The van der Waals surface area contributed by atoms with E-state index in [9.17, 15) is 14.7 Å². The Morgan fingerprint density at radius 1 is 0.875 bits per heavy atom. The van der Waals surface area contributed by atoms with Gasteiger partial charge in [-0.3, -0.25) is 9.59 Å². The van der Waals surface area contributed by atoms with Crippen LogP contribution in [0.25, 0.3) is 0 Å². The van der Waals surface area contributed by atoms with Gasteiger partial charge < -0.3 is 29.0 Å². The molecule has 0 aliphatic heterocycles. The van der Waals surface area contributed by atoms with Gasteiger partial charge in [-0.25, -0.2) is 0 Å². The summed E-state index contributed by atoms with van der Waals surface area (Å²) in [5.74, 6) is -1.45. The molecule has 0 heterocycles. The molecule has 172 valence electrons. The number of carboxylic acid groups (broad SMARTS) is 1. The lowest BCUT2D eigenvalue weighted by atomic mass is 9.65. The number of carboxylic acids is 1. The Morgan fingerprint density at radius 2 is 1.44 bits per heavy atom. The topological polar surface area (TPSA) is 94.5 Å². The highest BCUT2D eigenvalue weighted by Gasteiger charge is 2.46. The fourth-order valence-corrected chi connectivity index (χ4v) is 4.48. The average Bonchev–Trinajstić information content (AvgIpc) is 2.80. The molecule has 3 unspecified atom stereocenters. The summed E-state index contributed by atoms with van der Waals surface area (Å²) in [7, 11) is 9.43. The minimum Gasteiger partial charge on any atom is -0.493 e. The van der Waals surface area contributed by atoms with Gasteiger partial charge in [0.25, 0.3) is 0 Å². The zero-order valence-electron chi connectivity index (χ0n) is 19.2. The van der Waals surface area contributed by atoms with Crippen LogP contribution >= 0.6 is 0 Å². The Balaban J connectivity index is 2.32. The highest BCUT2D eigenvalue weighted by atomic mass is 16.5. The first-order valence-corrected chi connectivity index (χ1v) is 10.2. The third-order valence-electron chi connectivity index (χ3n) is 6.02. The van der Waals surface area contributed by atoms with Crippen LogP contribution in [0, 0.1) is 11.8 Å². The minimum atomic E-state index is -1.02. The van der Waals surface area contributed by atoms with Crippen molar-refractivity contribution >= 4 is 11.9 Å². The summed E-state index contributed by atoms with van der Waals surface area (Å²) in [5, 5.41) is 10.1. The van der Waals surface area contributed by atoms with Crippen LogP contribution in [0.2, 0.25) is 0 Å². The maximum atomic E-state index is 13.3. The van der Waals surface area contributed by atoms with Gasteiger partial charge in [0.1, 0.15) is 0 Å². The number of hydrogen-bond donors (Lipinski definition) is 1. The Kier molecular flexibility index (Phi) is 6.81. The standard InChI is InChI=1S/C24H29NO7/c1-25(2)23(26)22-16(24(27)28)9-14-11-19(31-5)20(32-6)12-15(14)21(22)13-7-8-17(29-3)18(10-13)30-4/h7-8,10-12,16,21-22H,9H2,1-6H3,(H,27,28). The van der Waals surface area contributed by atoms with Gasteiger partial charge in [-0.05, 0) is 47.4 Å². The number of ether oxygens (including phenoxy) is 4. The molecule has 3 rings (SSSR count). The van der Waals surface area contributed by atoms with Crippen molar-refractivity contribution in [2.24, 2.45) is 11.8 Å². The van der Waals surface area contributed by atoms with Crippen LogP contribution in [0.3, 0.4) is 0 Å². The number of rotatable bonds is 7. The fraction of sp³-hybridized carbons (Fsp3) is 0.417. The van der Waals surface area contributed by atoms with Crippen molar-refractivity contribution in [3.8, 4) is 23.0 Å². The number of benzene rings is 2. The molecule has 2 aromatic rings. The minimum absolute atomic E-state index is 0.207. The first-order chi connectivity index (χ1) is 15.3. The zero-order valence-corrected chi connectivity index (χ0v) is 19.2. The molecule has 3 atom stereocenters. The van der Waals surface area contributed by atoms with Crippen molar-refractivity contribution in [2.45, 2.75) is 12.3 Å². The summed E-state index contributed by atoms with van der Waals surface area (Å²) < 4.78 is 21.8. The van der Waals surface area contributed by atoms with E-state index in [1.807, 2.05) is 12.1 Å². The van der Waals surface area contributed by atoms with Crippen LogP contribution in [0.15, 0.2) is 30.3 Å². The van der Waals surface area contributed by atoms with E-state index in [4.69, 9.17) is 18.9 Å². The molecule has 0 radical (unpaired) electrons. The number of nitrogens with zero attached hydrogens (tertiary/aromatic N) is 1. The molecule has 8 nitrogen and oxygen atoms in total. The fourth-order valence-electron chi connectivity index (χ4n) is 4.48. The van der Waals surface area contributed by atoms with Gasteiger partial charge in [0.15, 0.2) is 23.0 Å². The van der Waals surface area contributed by atoms with Gasteiger partial charge in [0, 0.05) is 20.0 Å². The zero-order chi connectivity index (χ0) is 23.6. The second kappa shape index (κ2) is 9.38. The molecule has 0 saturated heterocycles. The van der Waals surface area contributed by atoms with Gasteiger partial charge in [0.2, 0.25) is 5.91 Å². The highest BCUT2D eigenvalue weighted by molar-refractivity contribution is 5.87. The SMILES string of the molecule is COc1ccc(C2c3cc(OC)c(OC)cc3CC(C(=O)O)C2C(=O)N(C)C)cc1OC. The van der Waals surface area contributed by atoms with Crippen molar-refractivity contribution in [1.82, 2.24) is 4.90 Å². The predicted molar refractivity (Wildman–Crippen MR) is 118 cm³/mol. The molecule has 2 aromatic carbocycles. The highest BCUT2D eigenvalue weighted by Crippen LogP contribution is 2.48. The van der Waals surface area contributed by atoms with Crippen molar-refractivity contribution in [2.75, 3.05) is 42.5 Å². The molecule has 0 fully saturated rings. The summed E-state index contributed by atoms with van der Waals surface area (Å²) in [4.78, 5) is 27.1. The molecule has 8 heteroatoms. The normalized spacial score (nSPS) is 19.5. The third-order valence-corrected chi connectivity index (χ3v) is 6.02. The van der Waals surface area contributed by atoms with Crippen LogP contribution in [-0.4, -0.2) is 64.4 Å². The van der Waals surface area contributed by atoms with E-state index in [0.29, 0.717) is 23.0 Å². The Hall–Kier alpha value is -3.42.